The van der Waals surface area contributed by atoms with Crippen LogP contribution in [0.5, 0.6) is 11.5 Å². The zero-order valence-electron chi connectivity index (χ0n) is 15.0. The molecule has 0 unspecified atom stereocenters. The number of nitrogens with zero attached hydrogens (tertiary/aromatic N) is 1. The summed E-state index contributed by atoms with van der Waals surface area (Å²) in [5.41, 5.74) is 4.26. The van der Waals surface area contributed by atoms with Crippen molar-refractivity contribution >= 4 is 29.1 Å². The van der Waals surface area contributed by atoms with Gasteiger partial charge in [0, 0.05) is 23.5 Å². The first-order chi connectivity index (χ1) is 14.1. The van der Waals surface area contributed by atoms with Gasteiger partial charge in [-0.1, -0.05) is 11.6 Å². The molecule has 0 spiro atoms. The number of hydrogen-bond acceptors (Lipinski definition) is 4. The molecule has 0 saturated carbocycles. The summed E-state index contributed by atoms with van der Waals surface area (Å²) in [7, 11) is 0. The van der Waals surface area contributed by atoms with E-state index in [2.05, 4.69) is 10.3 Å². The zero-order chi connectivity index (χ0) is 21.9. The fraction of sp³-hybridized carbons (Fsp3) is 0.0500. The van der Waals surface area contributed by atoms with Crippen LogP contribution in [0.1, 0.15) is 26.4 Å². The number of anilines is 1. The molecule has 0 fully saturated rings. The third-order valence-corrected chi connectivity index (χ3v) is 4.20. The number of ether oxygens (including phenoxy) is 1. The zero-order valence-corrected chi connectivity index (χ0v) is 15.8. The highest BCUT2D eigenvalue weighted by molar-refractivity contribution is 6.31. The highest BCUT2D eigenvalue weighted by Crippen LogP contribution is 2.35. The quantitative estimate of drug-likeness (QED) is 0.596. The van der Waals surface area contributed by atoms with E-state index in [4.69, 9.17) is 22.1 Å². The summed E-state index contributed by atoms with van der Waals surface area (Å²) < 4.78 is 44.4. The molecule has 1 aromatic heterocycles. The van der Waals surface area contributed by atoms with E-state index in [0.717, 1.165) is 6.07 Å². The molecule has 6 nitrogen and oxygen atoms in total. The van der Waals surface area contributed by atoms with Crippen LogP contribution >= 0.6 is 11.6 Å². The van der Waals surface area contributed by atoms with Crippen LogP contribution in [-0.4, -0.2) is 16.8 Å². The molecule has 0 bridgehead atoms. The summed E-state index contributed by atoms with van der Waals surface area (Å²) in [5, 5.41) is 2.01. The molecule has 0 saturated heterocycles. The Hall–Kier alpha value is -3.59. The van der Waals surface area contributed by atoms with Crippen molar-refractivity contribution < 1.29 is 27.5 Å². The minimum Gasteiger partial charge on any atom is -0.457 e. The van der Waals surface area contributed by atoms with Gasteiger partial charge < -0.3 is 15.8 Å². The third-order valence-electron chi connectivity index (χ3n) is 3.87. The molecule has 0 aliphatic carbocycles. The minimum atomic E-state index is -4.67. The predicted octanol–water partition coefficient (Wildman–Crippen LogP) is 4.90. The topological polar surface area (TPSA) is 94.3 Å². The largest absolute Gasteiger partial charge is 0.457 e. The lowest BCUT2D eigenvalue weighted by Crippen LogP contribution is -2.14. The first-order valence-corrected chi connectivity index (χ1v) is 8.73. The monoisotopic (exact) mass is 435 g/mol. The van der Waals surface area contributed by atoms with Crippen LogP contribution in [-0.2, 0) is 6.18 Å². The Morgan fingerprint density at radius 1 is 1.00 bits per heavy atom. The number of pyridine rings is 1. The molecule has 1 heterocycles. The van der Waals surface area contributed by atoms with Gasteiger partial charge >= 0.3 is 6.18 Å². The Bertz CT molecular complexity index is 1100. The van der Waals surface area contributed by atoms with Gasteiger partial charge in [-0.15, -0.1) is 0 Å². The van der Waals surface area contributed by atoms with Gasteiger partial charge in [0.05, 0.1) is 10.6 Å². The third kappa shape index (κ3) is 5.06. The number of carbonyl (C=O) groups excluding carboxylic acids is 2. The van der Waals surface area contributed by atoms with E-state index in [1.165, 1.54) is 48.7 Å². The van der Waals surface area contributed by atoms with Crippen LogP contribution in [0.4, 0.5) is 18.9 Å². The number of nitrogens with two attached hydrogens (primary N) is 1. The first kappa shape index (κ1) is 21.1. The van der Waals surface area contributed by atoms with Gasteiger partial charge in [0.15, 0.2) is 0 Å². The highest BCUT2D eigenvalue weighted by Gasteiger charge is 2.33. The minimum absolute atomic E-state index is 0.0394. The lowest BCUT2D eigenvalue weighted by atomic mass is 10.1. The number of carbonyl (C=O) groups is 2. The number of aromatic nitrogens is 1. The highest BCUT2D eigenvalue weighted by atomic mass is 35.5. The van der Waals surface area contributed by atoms with Crippen molar-refractivity contribution in [2.75, 3.05) is 5.32 Å². The van der Waals surface area contributed by atoms with E-state index >= 15 is 0 Å². The van der Waals surface area contributed by atoms with Crippen LogP contribution in [0.2, 0.25) is 5.02 Å². The average Bonchev–Trinajstić information content (AvgIpc) is 2.69. The maximum atomic E-state index is 13.0. The number of hydrogen-bond donors (Lipinski definition) is 2. The number of rotatable bonds is 5. The molecule has 0 aliphatic heterocycles. The molecule has 10 heteroatoms. The molecule has 3 N–H and O–H groups in total. The van der Waals surface area contributed by atoms with Crippen LogP contribution in [0.15, 0.2) is 60.8 Å². The number of halogens is 4. The average molecular weight is 436 g/mol. The van der Waals surface area contributed by atoms with E-state index in [1.54, 1.807) is 0 Å². The Morgan fingerprint density at radius 2 is 1.70 bits per heavy atom. The van der Waals surface area contributed by atoms with E-state index < -0.39 is 28.6 Å². The molecule has 3 rings (SSSR count). The normalized spacial score (nSPS) is 11.1. The van der Waals surface area contributed by atoms with E-state index in [1.807, 2.05) is 0 Å². The molecule has 0 atom stereocenters. The Labute approximate surface area is 173 Å². The van der Waals surface area contributed by atoms with Gasteiger partial charge in [-0.2, -0.15) is 13.2 Å². The van der Waals surface area contributed by atoms with Crippen molar-refractivity contribution in [2.45, 2.75) is 6.18 Å². The van der Waals surface area contributed by atoms with Gasteiger partial charge in [-0.25, -0.2) is 0 Å². The summed E-state index contributed by atoms with van der Waals surface area (Å²) in [6, 6.07) is 11.9. The van der Waals surface area contributed by atoms with Gasteiger partial charge in [0.25, 0.3) is 11.8 Å². The van der Waals surface area contributed by atoms with Crippen molar-refractivity contribution in [1.29, 1.82) is 0 Å². The number of primary amides is 1. The molecular formula is C20H13ClF3N3O3. The van der Waals surface area contributed by atoms with Crippen LogP contribution in [0.25, 0.3) is 0 Å². The van der Waals surface area contributed by atoms with E-state index in [0.29, 0.717) is 23.3 Å². The summed E-state index contributed by atoms with van der Waals surface area (Å²) in [6.07, 6.45) is -3.31. The van der Waals surface area contributed by atoms with Crippen molar-refractivity contribution in [3.8, 4) is 11.5 Å². The lowest BCUT2D eigenvalue weighted by molar-refractivity contribution is -0.137. The maximum Gasteiger partial charge on any atom is 0.417 e. The Balaban J connectivity index is 1.71. The second-order valence-corrected chi connectivity index (χ2v) is 6.42. The van der Waals surface area contributed by atoms with Crippen molar-refractivity contribution in [1.82, 2.24) is 4.98 Å². The first-order valence-electron chi connectivity index (χ1n) is 8.35. The van der Waals surface area contributed by atoms with E-state index in [9.17, 15) is 22.8 Å². The van der Waals surface area contributed by atoms with Crippen molar-refractivity contribution in [2.24, 2.45) is 5.73 Å². The number of nitrogens with one attached hydrogen (secondary N) is 1. The number of amides is 2. The van der Waals surface area contributed by atoms with E-state index in [-0.39, 0.29) is 11.3 Å². The molecule has 154 valence electrons. The van der Waals surface area contributed by atoms with Crippen LogP contribution in [0, 0.1) is 0 Å². The van der Waals surface area contributed by atoms with Gasteiger partial charge in [-0.05, 0) is 48.5 Å². The number of alkyl halides is 3. The summed E-state index contributed by atoms with van der Waals surface area (Å²) in [4.78, 5) is 27.2. The Morgan fingerprint density at radius 3 is 2.33 bits per heavy atom. The molecule has 30 heavy (non-hydrogen) atoms. The second-order valence-electron chi connectivity index (χ2n) is 6.01. The second kappa shape index (κ2) is 8.42. The molecule has 2 amide bonds. The van der Waals surface area contributed by atoms with Crippen LogP contribution in [0.3, 0.4) is 0 Å². The standard InChI is InChI=1S/C20H13ClF3N3O3/c21-16-6-1-11(9-15(16)20(22,23)24)19(29)27-12-2-4-13(5-3-12)30-14-7-8-26-17(10-14)18(25)28/h1-10H,(H2,25,28)(H,27,29). The van der Waals surface area contributed by atoms with Gasteiger partial charge in [-0.3, -0.25) is 14.6 Å². The molecule has 0 radical (unpaired) electrons. The van der Waals surface area contributed by atoms with Crippen molar-refractivity contribution in [3.05, 3.63) is 82.6 Å². The smallest absolute Gasteiger partial charge is 0.417 e. The summed E-state index contributed by atoms with van der Waals surface area (Å²) in [5.74, 6) is -0.711. The SMILES string of the molecule is NC(=O)c1cc(Oc2ccc(NC(=O)c3ccc(Cl)c(C(F)(F)F)c3)cc2)ccn1. The summed E-state index contributed by atoms with van der Waals surface area (Å²) in [6.45, 7) is 0. The fourth-order valence-electron chi connectivity index (χ4n) is 2.44. The molecule has 0 aliphatic rings. The van der Waals surface area contributed by atoms with Crippen molar-refractivity contribution in [3.63, 3.8) is 0 Å². The fourth-order valence-corrected chi connectivity index (χ4v) is 2.66. The van der Waals surface area contributed by atoms with Gasteiger partial charge in [0.1, 0.15) is 17.2 Å². The van der Waals surface area contributed by atoms with Gasteiger partial charge in [0.2, 0.25) is 0 Å². The summed E-state index contributed by atoms with van der Waals surface area (Å²) >= 11 is 5.56. The Kier molecular flexibility index (Phi) is 5.93. The lowest BCUT2D eigenvalue weighted by Gasteiger charge is -2.11. The number of benzene rings is 2. The molecule has 2 aromatic carbocycles. The maximum absolute atomic E-state index is 13.0. The van der Waals surface area contributed by atoms with Crippen LogP contribution < -0.4 is 15.8 Å². The molecule has 3 aromatic rings. The molecular weight excluding hydrogens is 423 g/mol. The predicted molar refractivity (Wildman–Crippen MR) is 104 cm³/mol.